The van der Waals surface area contributed by atoms with Gasteiger partial charge in [0.15, 0.2) is 0 Å². The van der Waals surface area contributed by atoms with Gasteiger partial charge in [0, 0.05) is 6.42 Å². The fourth-order valence-corrected chi connectivity index (χ4v) is 2.32. The van der Waals surface area contributed by atoms with E-state index in [1.807, 2.05) is 0 Å². The summed E-state index contributed by atoms with van der Waals surface area (Å²) in [4.78, 5) is 11.6. The molecule has 0 N–H and O–H groups in total. The highest BCUT2D eigenvalue weighted by Gasteiger charge is 2.03. The minimum Gasteiger partial charge on any atom is -0.461 e. The van der Waals surface area contributed by atoms with Crippen LogP contribution in [0.25, 0.3) is 0 Å². The number of carbonyl (C=O) groups is 1. The third-order valence-electron chi connectivity index (χ3n) is 3.73. The number of hydrogen-bond donors (Lipinski definition) is 0. The fraction of sp³-hybridized carbons (Fsp3) is 0.667. The maximum Gasteiger partial charge on any atom is 0.306 e. The van der Waals surface area contributed by atoms with Gasteiger partial charge in [-0.2, -0.15) is 0 Å². The summed E-state index contributed by atoms with van der Waals surface area (Å²) in [5.41, 5.74) is 0.881. The molecule has 0 unspecified atom stereocenters. The van der Waals surface area contributed by atoms with Gasteiger partial charge in [-0.05, 0) is 12.0 Å². The van der Waals surface area contributed by atoms with Crippen molar-refractivity contribution < 1.29 is 9.53 Å². The Morgan fingerprint density at radius 3 is 1.91 bits per heavy atom. The molecule has 0 aromatic heterocycles. The van der Waals surface area contributed by atoms with E-state index in [2.05, 4.69) is 20.1 Å². The van der Waals surface area contributed by atoms with Gasteiger partial charge in [-0.25, -0.2) is 0 Å². The maximum atomic E-state index is 11.6. The van der Waals surface area contributed by atoms with Crippen LogP contribution in [0.5, 0.6) is 0 Å². The highest BCUT2D eigenvalue weighted by atomic mass is 16.5. The largest absolute Gasteiger partial charge is 0.461 e. The van der Waals surface area contributed by atoms with E-state index in [0.29, 0.717) is 13.0 Å². The summed E-state index contributed by atoms with van der Waals surface area (Å²) in [7, 11) is 0. The van der Waals surface area contributed by atoms with Crippen molar-refractivity contribution in [1.82, 2.24) is 0 Å². The third-order valence-corrected chi connectivity index (χ3v) is 3.73. The average molecular weight is 323 g/mol. The topological polar surface area (TPSA) is 26.3 Å². The highest BCUT2D eigenvalue weighted by molar-refractivity contribution is 5.69. The Hall–Kier alpha value is -1.31. The molecular weight excluding hydrogens is 284 g/mol. The van der Waals surface area contributed by atoms with Crippen molar-refractivity contribution in [2.75, 3.05) is 6.61 Å². The van der Waals surface area contributed by atoms with Crippen LogP contribution in [0.3, 0.4) is 0 Å². The lowest BCUT2D eigenvalue weighted by atomic mass is 10.1. The molecule has 0 spiro atoms. The fourth-order valence-electron chi connectivity index (χ4n) is 2.32. The first-order chi connectivity index (χ1) is 10.7. The van der Waals surface area contributed by atoms with Crippen LogP contribution in [0.15, 0.2) is 37.0 Å². The molecule has 0 heterocycles. The number of ether oxygens (including phenoxy) is 1. The van der Waals surface area contributed by atoms with E-state index < -0.39 is 0 Å². The van der Waals surface area contributed by atoms with Crippen molar-refractivity contribution in [2.45, 2.75) is 85.0 Å². The van der Waals surface area contributed by atoms with Crippen molar-refractivity contribution in [1.29, 1.82) is 0 Å². The van der Waals surface area contributed by atoms with Crippen molar-refractivity contribution in [3.05, 3.63) is 37.0 Å². The molecule has 23 heavy (non-hydrogen) atoms. The molecule has 0 aliphatic heterocycles. The molecule has 0 saturated carbocycles. The summed E-state index contributed by atoms with van der Waals surface area (Å²) in [6.45, 7) is 9.84. The van der Waals surface area contributed by atoms with Crippen molar-refractivity contribution in [3.63, 3.8) is 0 Å². The molecule has 0 bridgehead atoms. The van der Waals surface area contributed by atoms with Gasteiger partial charge in [0.2, 0.25) is 0 Å². The first-order valence-corrected chi connectivity index (χ1v) is 8.84. The first-order valence-electron chi connectivity index (χ1n) is 8.84. The number of carbonyl (C=O) groups excluding carboxylic acids is 1. The molecule has 134 valence electrons. The molecule has 0 amide bonds. The lowest BCUT2D eigenvalue weighted by Crippen LogP contribution is -2.06. The Balaban J connectivity index is 0. The molecule has 0 aromatic rings. The lowest BCUT2D eigenvalue weighted by Gasteiger charge is -2.05. The zero-order valence-corrected chi connectivity index (χ0v) is 14.4. The normalized spacial score (nSPS) is 10.7. The van der Waals surface area contributed by atoms with Crippen LogP contribution in [-0.4, -0.2) is 12.6 Å². The van der Waals surface area contributed by atoms with Gasteiger partial charge in [-0.15, -0.1) is 0 Å². The van der Waals surface area contributed by atoms with E-state index >= 15 is 0 Å². The van der Waals surface area contributed by atoms with E-state index in [0.717, 1.165) is 18.4 Å². The van der Waals surface area contributed by atoms with Crippen LogP contribution in [0, 0.1) is 0 Å². The smallest absolute Gasteiger partial charge is 0.306 e. The lowest BCUT2D eigenvalue weighted by molar-refractivity contribution is -0.142. The average Bonchev–Trinajstić information content (AvgIpc) is 2.53. The summed E-state index contributed by atoms with van der Waals surface area (Å²) in [6.07, 6.45) is 18.4. The number of unbranched alkanes of at least 4 members (excludes halogenated alkanes) is 9. The second kappa shape index (κ2) is 18.7. The Bertz CT molecular complexity index is 329. The van der Waals surface area contributed by atoms with Gasteiger partial charge in [0.05, 0.1) is 0 Å². The van der Waals surface area contributed by atoms with Crippen LogP contribution in [0.1, 0.15) is 85.0 Å². The van der Waals surface area contributed by atoms with E-state index in [1.54, 1.807) is 18.2 Å². The number of allylic oxidation sites excluding steroid dienone is 2. The van der Waals surface area contributed by atoms with Gasteiger partial charge in [0.1, 0.15) is 6.61 Å². The molecule has 0 rings (SSSR count). The Morgan fingerprint density at radius 1 is 0.913 bits per heavy atom. The first kappa shape index (κ1) is 23.9. The number of hydrogen-bond acceptors (Lipinski definition) is 2. The summed E-state index contributed by atoms with van der Waals surface area (Å²) in [6, 6.07) is 0. The standard InChI is InChI=1S/C20H34O2.CH4/c1-4-7-8-9-10-11-12-13-14-15-17-20(21)22-18-19(6-3)16-5-2;/h5-6,16H,2-4,7-15,17-18H2,1H3;1H4/b19-16+;. The molecule has 0 aliphatic rings. The molecule has 0 atom stereocenters. The molecule has 2 heteroatoms. The van der Waals surface area contributed by atoms with Crippen LogP contribution in [0.2, 0.25) is 0 Å². The van der Waals surface area contributed by atoms with E-state index in [4.69, 9.17) is 4.74 Å². The summed E-state index contributed by atoms with van der Waals surface area (Å²) in [5, 5.41) is 0. The van der Waals surface area contributed by atoms with Crippen molar-refractivity contribution >= 4 is 5.97 Å². The van der Waals surface area contributed by atoms with Crippen LogP contribution in [-0.2, 0) is 9.53 Å². The Morgan fingerprint density at radius 2 is 1.43 bits per heavy atom. The van der Waals surface area contributed by atoms with E-state index in [1.165, 1.54) is 51.4 Å². The maximum absolute atomic E-state index is 11.6. The number of rotatable bonds is 15. The van der Waals surface area contributed by atoms with Crippen molar-refractivity contribution in [2.24, 2.45) is 0 Å². The quantitative estimate of drug-likeness (QED) is 0.189. The molecule has 0 fully saturated rings. The minimum atomic E-state index is -0.114. The van der Waals surface area contributed by atoms with Crippen LogP contribution >= 0.6 is 0 Å². The summed E-state index contributed by atoms with van der Waals surface area (Å²) in [5.74, 6) is -0.114. The molecule has 0 saturated heterocycles. The van der Waals surface area contributed by atoms with Gasteiger partial charge < -0.3 is 4.74 Å². The highest BCUT2D eigenvalue weighted by Crippen LogP contribution is 2.11. The Labute approximate surface area is 144 Å². The zero-order valence-electron chi connectivity index (χ0n) is 14.4. The second-order valence-corrected chi connectivity index (χ2v) is 5.77. The molecule has 0 radical (unpaired) electrons. The second-order valence-electron chi connectivity index (χ2n) is 5.77. The number of esters is 1. The van der Waals surface area contributed by atoms with Gasteiger partial charge in [0.25, 0.3) is 0 Å². The van der Waals surface area contributed by atoms with E-state index in [9.17, 15) is 4.79 Å². The van der Waals surface area contributed by atoms with Crippen molar-refractivity contribution in [3.8, 4) is 0 Å². The predicted molar refractivity (Wildman–Crippen MR) is 103 cm³/mol. The third kappa shape index (κ3) is 16.9. The Kier molecular flexibility index (Phi) is 19.5. The monoisotopic (exact) mass is 322 g/mol. The molecule has 0 aliphatic carbocycles. The molecule has 2 nitrogen and oxygen atoms in total. The summed E-state index contributed by atoms with van der Waals surface area (Å²) >= 11 is 0. The minimum absolute atomic E-state index is 0. The van der Waals surface area contributed by atoms with Crippen LogP contribution < -0.4 is 0 Å². The van der Waals surface area contributed by atoms with Gasteiger partial charge >= 0.3 is 5.97 Å². The SMILES string of the molecule is C.C=C/C=C(\C=C)COC(=O)CCCCCCCCCCCC. The molecular formula is C21H38O2. The van der Waals surface area contributed by atoms with Crippen LogP contribution in [0.4, 0.5) is 0 Å². The molecule has 0 aromatic carbocycles. The summed E-state index contributed by atoms with van der Waals surface area (Å²) < 4.78 is 5.20. The predicted octanol–water partition coefficient (Wildman–Crippen LogP) is 6.78. The van der Waals surface area contributed by atoms with E-state index in [-0.39, 0.29) is 13.4 Å². The van der Waals surface area contributed by atoms with Gasteiger partial charge in [-0.1, -0.05) is 104 Å². The van der Waals surface area contributed by atoms with Gasteiger partial charge in [-0.3, -0.25) is 4.79 Å². The zero-order chi connectivity index (χ0) is 16.5.